The Morgan fingerprint density at radius 2 is 2.44 bits per heavy atom. The molecular weight excluding hydrogens is 204 g/mol. The van der Waals surface area contributed by atoms with E-state index in [9.17, 15) is 4.79 Å². The third kappa shape index (κ3) is 2.05. The van der Waals surface area contributed by atoms with Crippen LogP contribution in [0, 0.1) is 0 Å². The summed E-state index contributed by atoms with van der Waals surface area (Å²) in [6.07, 6.45) is 7.71. The highest BCUT2D eigenvalue weighted by Crippen LogP contribution is 2.13. The van der Waals surface area contributed by atoms with Crippen molar-refractivity contribution in [2.45, 2.75) is 26.3 Å². The van der Waals surface area contributed by atoms with E-state index in [2.05, 4.69) is 16.5 Å². The minimum Gasteiger partial charge on any atom is -0.461 e. The molecule has 0 aliphatic heterocycles. The molecule has 0 saturated carbocycles. The number of aldehydes is 1. The highest BCUT2D eigenvalue weighted by atomic mass is 16.3. The Labute approximate surface area is 93.9 Å². The van der Waals surface area contributed by atoms with E-state index in [1.54, 1.807) is 6.20 Å². The summed E-state index contributed by atoms with van der Waals surface area (Å²) in [5.74, 6) is 1.36. The van der Waals surface area contributed by atoms with E-state index in [0.29, 0.717) is 12.2 Å². The van der Waals surface area contributed by atoms with Crippen LogP contribution in [0.15, 0.2) is 29.1 Å². The van der Waals surface area contributed by atoms with Gasteiger partial charge in [0.15, 0.2) is 12.0 Å². The van der Waals surface area contributed by atoms with Crippen LogP contribution < -0.4 is 0 Å². The molecule has 0 aromatic carbocycles. The van der Waals surface area contributed by atoms with Gasteiger partial charge in [0.05, 0.1) is 6.26 Å². The molecule has 0 spiro atoms. The van der Waals surface area contributed by atoms with Gasteiger partial charge in [0.2, 0.25) is 0 Å². The van der Waals surface area contributed by atoms with Crippen LogP contribution in [0.2, 0.25) is 0 Å². The Balaban J connectivity index is 2.20. The first-order chi connectivity index (χ1) is 7.85. The summed E-state index contributed by atoms with van der Waals surface area (Å²) in [6, 6.07) is 1.81. The van der Waals surface area contributed by atoms with E-state index >= 15 is 0 Å². The lowest BCUT2D eigenvalue weighted by molar-refractivity contribution is 0.109. The van der Waals surface area contributed by atoms with E-state index in [0.717, 1.165) is 30.6 Å². The Hall–Kier alpha value is -1.84. The first-order valence-electron chi connectivity index (χ1n) is 5.36. The van der Waals surface area contributed by atoms with Crippen molar-refractivity contribution in [1.29, 1.82) is 0 Å². The van der Waals surface area contributed by atoms with Crippen molar-refractivity contribution in [1.82, 2.24) is 9.55 Å². The third-order valence-corrected chi connectivity index (χ3v) is 2.50. The van der Waals surface area contributed by atoms with Crippen molar-refractivity contribution in [3.8, 4) is 0 Å². The fraction of sp³-hybridized carbons (Fsp3) is 0.333. The van der Waals surface area contributed by atoms with Gasteiger partial charge in [0.25, 0.3) is 0 Å². The van der Waals surface area contributed by atoms with Crippen molar-refractivity contribution in [2.75, 3.05) is 0 Å². The van der Waals surface area contributed by atoms with Gasteiger partial charge >= 0.3 is 0 Å². The van der Waals surface area contributed by atoms with E-state index in [1.807, 2.05) is 12.3 Å². The molecule has 16 heavy (non-hydrogen) atoms. The molecule has 0 radical (unpaired) electrons. The molecule has 2 rings (SSSR count). The van der Waals surface area contributed by atoms with Crippen molar-refractivity contribution >= 4 is 6.29 Å². The topological polar surface area (TPSA) is 48.0 Å². The summed E-state index contributed by atoms with van der Waals surface area (Å²) in [6.45, 7) is 3.07. The second-order valence-electron chi connectivity index (χ2n) is 3.64. The van der Waals surface area contributed by atoms with Crippen molar-refractivity contribution < 1.29 is 9.21 Å². The molecule has 0 fully saturated rings. The van der Waals surface area contributed by atoms with Crippen LogP contribution in [0.4, 0.5) is 0 Å². The number of hydrogen-bond donors (Lipinski definition) is 0. The summed E-state index contributed by atoms with van der Waals surface area (Å²) < 4.78 is 7.16. The van der Waals surface area contributed by atoms with E-state index < -0.39 is 0 Å². The normalized spacial score (nSPS) is 10.6. The number of aromatic nitrogens is 2. The van der Waals surface area contributed by atoms with Gasteiger partial charge in [-0.3, -0.25) is 4.79 Å². The Bertz CT molecular complexity index is 471. The molecule has 0 N–H and O–H groups in total. The zero-order valence-electron chi connectivity index (χ0n) is 9.22. The molecule has 84 valence electrons. The van der Waals surface area contributed by atoms with Crippen LogP contribution in [0.5, 0.6) is 0 Å². The average Bonchev–Trinajstić information content (AvgIpc) is 2.89. The zero-order valence-corrected chi connectivity index (χ0v) is 9.22. The largest absolute Gasteiger partial charge is 0.461 e. The molecule has 0 atom stereocenters. The summed E-state index contributed by atoms with van der Waals surface area (Å²) in [4.78, 5) is 15.0. The quantitative estimate of drug-likeness (QED) is 0.723. The molecule has 0 unspecified atom stereocenters. The van der Waals surface area contributed by atoms with Gasteiger partial charge in [-0.05, 0) is 12.5 Å². The highest BCUT2D eigenvalue weighted by Gasteiger charge is 2.09. The SMILES string of the molecule is CCCn1ccnc1Cc1ccoc1C=O. The molecule has 2 aromatic heterocycles. The number of imidazole rings is 1. The van der Waals surface area contributed by atoms with Gasteiger partial charge in [0, 0.05) is 30.9 Å². The second-order valence-corrected chi connectivity index (χ2v) is 3.64. The van der Waals surface area contributed by atoms with E-state index in [-0.39, 0.29) is 0 Å². The Morgan fingerprint density at radius 1 is 1.56 bits per heavy atom. The minimum atomic E-state index is 0.394. The number of aryl methyl sites for hydroxylation is 1. The Kier molecular flexibility index (Phi) is 3.19. The highest BCUT2D eigenvalue weighted by molar-refractivity contribution is 5.73. The maximum Gasteiger partial charge on any atom is 0.185 e. The minimum absolute atomic E-state index is 0.394. The van der Waals surface area contributed by atoms with Gasteiger partial charge in [-0.25, -0.2) is 4.98 Å². The maximum absolute atomic E-state index is 10.7. The molecule has 4 nitrogen and oxygen atoms in total. The van der Waals surface area contributed by atoms with Crippen molar-refractivity contribution in [3.63, 3.8) is 0 Å². The van der Waals surface area contributed by atoms with Gasteiger partial charge in [-0.15, -0.1) is 0 Å². The lowest BCUT2D eigenvalue weighted by Crippen LogP contribution is -2.03. The summed E-state index contributed by atoms with van der Waals surface area (Å²) in [5.41, 5.74) is 0.888. The van der Waals surface area contributed by atoms with Crippen LogP contribution in [-0.4, -0.2) is 15.8 Å². The molecule has 0 aliphatic carbocycles. The first-order valence-corrected chi connectivity index (χ1v) is 5.36. The fourth-order valence-corrected chi connectivity index (χ4v) is 1.72. The van der Waals surface area contributed by atoms with Crippen molar-refractivity contribution in [3.05, 3.63) is 41.9 Å². The number of rotatable bonds is 5. The maximum atomic E-state index is 10.7. The van der Waals surface area contributed by atoms with Crippen LogP contribution >= 0.6 is 0 Å². The molecule has 0 aliphatic rings. The molecule has 0 saturated heterocycles. The fourth-order valence-electron chi connectivity index (χ4n) is 1.72. The van der Waals surface area contributed by atoms with Crippen LogP contribution in [0.25, 0.3) is 0 Å². The number of furan rings is 1. The number of carbonyl (C=O) groups excluding carboxylic acids is 1. The van der Waals surface area contributed by atoms with Gasteiger partial charge < -0.3 is 8.98 Å². The number of nitrogens with zero attached hydrogens (tertiary/aromatic N) is 2. The van der Waals surface area contributed by atoms with Crippen LogP contribution in [0.3, 0.4) is 0 Å². The predicted molar refractivity (Wildman–Crippen MR) is 59.4 cm³/mol. The summed E-state index contributed by atoms with van der Waals surface area (Å²) >= 11 is 0. The first kappa shape index (κ1) is 10.7. The van der Waals surface area contributed by atoms with Gasteiger partial charge in [0.1, 0.15) is 5.82 Å². The third-order valence-electron chi connectivity index (χ3n) is 2.50. The standard InChI is InChI=1S/C12H14N2O2/c1-2-5-14-6-4-13-12(14)8-10-3-7-16-11(10)9-15/h3-4,6-7,9H,2,5,8H2,1H3. The van der Waals surface area contributed by atoms with Gasteiger partial charge in [-0.2, -0.15) is 0 Å². The second kappa shape index (κ2) is 4.79. The number of carbonyl (C=O) groups is 1. The van der Waals surface area contributed by atoms with E-state index in [4.69, 9.17) is 4.42 Å². The molecule has 0 amide bonds. The molecule has 2 heterocycles. The molecule has 0 bridgehead atoms. The number of hydrogen-bond acceptors (Lipinski definition) is 3. The Morgan fingerprint density at radius 3 is 3.19 bits per heavy atom. The van der Waals surface area contributed by atoms with E-state index in [1.165, 1.54) is 6.26 Å². The molecular formula is C12H14N2O2. The molecule has 2 aromatic rings. The van der Waals surface area contributed by atoms with Gasteiger partial charge in [-0.1, -0.05) is 6.92 Å². The van der Waals surface area contributed by atoms with Crippen LogP contribution in [0.1, 0.15) is 35.3 Å². The summed E-state index contributed by atoms with van der Waals surface area (Å²) in [7, 11) is 0. The molecule has 4 heteroatoms. The summed E-state index contributed by atoms with van der Waals surface area (Å²) in [5, 5.41) is 0. The zero-order chi connectivity index (χ0) is 11.4. The lowest BCUT2D eigenvalue weighted by Gasteiger charge is -2.04. The predicted octanol–water partition coefficient (Wildman–Crippen LogP) is 2.29. The van der Waals surface area contributed by atoms with Crippen molar-refractivity contribution in [2.24, 2.45) is 0 Å². The average molecular weight is 218 g/mol. The lowest BCUT2D eigenvalue weighted by atomic mass is 10.2. The monoisotopic (exact) mass is 218 g/mol. The van der Waals surface area contributed by atoms with Crippen LogP contribution in [-0.2, 0) is 13.0 Å². The smallest absolute Gasteiger partial charge is 0.185 e.